The predicted molar refractivity (Wildman–Crippen MR) is 114 cm³/mol. The van der Waals surface area contributed by atoms with E-state index in [1.54, 1.807) is 0 Å². The molecule has 1 heterocycles. The molecule has 0 saturated carbocycles. The van der Waals surface area contributed by atoms with Crippen LogP contribution >= 0.6 is 12.4 Å². The fourth-order valence-electron chi connectivity index (χ4n) is 3.37. The van der Waals surface area contributed by atoms with Gasteiger partial charge in [0.05, 0.1) is 25.5 Å². The molecule has 0 aliphatic carbocycles. The van der Waals surface area contributed by atoms with E-state index in [2.05, 4.69) is 34.3 Å². The van der Waals surface area contributed by atoms with E-state index in [9.17, 15) is 9.59 Å². The van der Waals surface area contributed by atoms with Gasteiger partial charge in [-0.25, -0.2) is 0 Å². The number of hydrogen-bond donors (Lipinski definition) is 2. The predicted octanol–water partition coefficient (Wildman–Crippen LogP) is 2.72. The number of nitrogens with one attached hydrogen (secondary N) is 1. The van der Waals surface area contributed by atoms with Crippen LogP contribution in [0.3, 0.4) is 0 Å². The minimum absolute atomic E-state index is 0. The van der Waals surface area contributed by atoms with Crippen molar-refractivity contribution in [2.75, 3.05) is 20.3 Å². The Labute approximate surface area is 177 Å². The molecule has 156 valence electrons. The first-order valence-electron chi connectivity index (χ1n) is 9.48. The molecule has 7 heteroatoms. The Morgan fingerprint density at radius 2 is 1.72 bits per heavy atom. The summed E-state index contributed by atoms with van der Waals surface area (Å²) in [4.78, 5) is 23.3. The van der Waals surface area contributed by atoms with E-state index in [1.165, 1.54) is 12.7 Å². The fraction of sp³-hybridized carbons (Fsp3) is 0.364. The SMILES string of the molecule is COC(=O)C[C@@H]1C[C@@H](COc2ccc(-c3ccc(CCN)cc3)cc2)NC1=O.Cl. The smallest absolute Gasteiger partial charge is 0.306 e. The van der Waals surface area contributed by atoms with Gasteiger partial charge < -0.3 is 20.5 Å². The zero-order chi connectivity index (χ0) is 19.9. The van der Waals surface area contributed by atoms with Crippen LogP contribution in [0.15, 0.2) is 48.5 Å². The molecule has 2 atom stereocenters. The highest BCUT2D eigenvalue weighted by Crippen LogP contribution is 2.24. The van der Waals surface area contributed by atoms with E-state index >= 15 is 0 Å². The highest BCUT2D eigenvalue weighted by molar-refractivity contribution is 5.86. The van der Waals surface area contributed by atoms with Crippen LogP contribution in [-0.4, -0.2) is 38.2 Å². The summed E-state index contributed by atoms with van der Waals surface area (Å²) in [5.41, 5.74) is 9.07. The molecule has 2 aromatic carbocycles. The van der Waals surface area contributed by atoms with E-state index in [1.807, 2.05) is 24.3 Å². The number of carbonyl (C=O) groups excluding carboxylic acids is 2. The normalized spacial score (nSPS) is 17.9. The van der Waals surface area contributed by atoms with Crippen LogP contribution in [0.2, 0.25) is 0 Å². The molecule has 1 amide bonds. The van der Waals surface area contributed by atoms with Gasteiger partial charge in [-0.1, -0.05) is 36.4 Å². The third-order valence-electron chi connectivity index (χ3n) is 4.95. The van der Waals surface area contributed by atoms with Gasteiger partial charge in [0.25, 0.3) is 0 Å². The average molecular weight is 419 g/mol. The first kappa shape index (κ1) is 22.7. The third-order valence-corrected chi connectivity index (χ3v) is 4.95. The lowest BCUT2D eigenvalue weighted by Crippen LogP contribution is -2.31. The number of esters is 1. The lowest BCUT2D eigenvalue weighted by atomic mass is 10.0. The summed E-state index contributed by atoms with van der Waals surface area (Å²) in [5.74, 6) is -0.0827. The molecule has 1 fully saturated rings. The van der Waals surface area contributed by atoms with Crippen LogP contribution in [0.4, 0.5) is 0 Å². The number of ether oxygens (including phenoxy) is 2. The van der Waals surface area contributed by atoms with Crippen molar-refractivity contribution in [3.63, 3.8) is 0 Å². The van der Waals surface area contributed by atoms with Crippen LogP contribution in [0, 0.1) is 5.92 Å². The van der Waals surface area contributed by atoms with Crippen LogP contribution < -0.4 is 15.8 Å². The zero-order valence-electron chi connectivity index (χ0n) is 16.4. The van der Waals surface area contributed by atoms with Gasteiger partial charge in [0, 0.05) is 0 Å². The molecule has 0 aromatic heterocycles. The van der Waals surface area contributed by atoms with Gasteiger partial charge in [-0.3, -0.25) is 9.59 Å². The first-order chi connectivity index (χ1) is 13.6. The number of nitrogens with two attached hydrogens (primary N) is 1. The minimum atomic E-state index is -0.367. The molecule has 1 saturated heterocycles. The molecule has 29 heavy (non-hydrogen) atoms. The number of halogens is 1. The van der Waals surface area contributed by atoms with Gasteiger partial charge in [0.15, 0.2) is 0 Å². The topological polar surface area (TPSA) is 90.7 Å². The van der Waals surface area contributed by atoms with Crippen molar-refractivity contribution in [3.8, 4) is 16.9 Å². The quantitative estimate of drug-likeness (QED) is 0.643. The molecule has 1 aliphatic heterocycles. The number of carbonyl (C=O) groups is 2. The van der Waals surface area contributed by atoms with Gasteiger partial charge in [-0.15, -0.1) is 12.4 Å². The average Bonchev–Trinajstić information content (AvgIpc) is 3.07. The molecule has 3 rings (SSSR count). The summed E-state index contributed by atoms with van der Waals surface area (Å²) in [6.07, 6.45) is 1.56. The number of benzene rings is 2. The summed E-state index contributed by atoms with van der Waals surface area (Å²) in [5, 5.41) is 2.88. The second-order valence-corrected chi connectivity index (χ2v) is 6.99. The summed E-state index contributed by atoms with van der Waals surface area (Å²) in [6, 6.07) is 16.2. The van der Waals surface area contributed by atoms with Crippen molar-refractivity contribution >= 4 is 24.3 Å². The number of methoxy groups -OCH3 is 1. The maximum absolute atomic E-state index is 11.9. The fourth-order valence-corrected chi connectivity index (χ4v) is 3.37. The third kappa shape index (κ3) is 6.21. The molecule has 3 N–H and O–H groups in total. The zero-order valence-corrected chi connectivity index (χ0v) is 17.2. The Morgan fingerprint density at radius 1 is 1.10 bits per heavy atom. The molecular formula is C22H27ClN2O4. The lowest BCUT2D eigenvalue weighted by molar-refractivity contribution is -0.143. The Balaban J connectivity index is 0.00000300. The Hall–Kier alpha value is -2.57. The van der Waals surface area contributed by atoms with Crippen LogP contribution in [-0.2, 0) is 20.7 Å². The van der Waals surface area contributed by atoms with Crippen LogP contribution in [0.5, 0.6) is 5.75 Å². The van der Waals surface area contributed by atoms with Gasteiger partial charge in [-0.2, -0.15) is 0 Å². The number of hydrogen-bond acceptors (Lipinski definition) is 5. The number of amides is 1. The standard InChI is InChI=1S/C22H26N2O4.ClH/c1-27-21(25)13-18-12-19(24-22(18)26)14-28-20-8-6-17(7-9-20)16-4-2-15(3-5-16)10-11-23;/h2-9,18-19H,10-14,23H2,1H3,(H,24,26);1H/t18-,19-;/m0./s1. The van der Waals surface area contributed by atoms with Crippen molar-refractivity contribution in [2.45, 2.75) is 25.3 Å². The van der Waals surface area contributed by atoms with Crippen molar-refractivity contribution in [1.82, 2.24) is 5.32 Å². The Bertz CT molecular complexity index is 809. The van der Waals surface area contributed by atoms with Crippen molar-refractivity contribution in [1.29, 1.82) is 0 Å². The molecule has 1 aliphatic rings. The van der Waals surface area contributed by atoms with Crippen molar-refractivity contribution in [3.05, 3.63) is 54.1 Å². The number of rotatable bonds is 8. The van der Waals surface area contributed by atoms with Crippen LogP contribution in [0.1, 0.15) is 18.4 Å². The maximum Gasteiger partial charge on any atom is 0.306 e. The summed E-state index contributed by atoms with van der Waals surface area (Å²) in [6.45, 7) is 1.02. The Kier molecular flexibility index (Phi) is 8.49. The van der Waals surface area contributed by atoms with Crippen molar-refractivity contribution in [2.24, 2.45) is 11.7 Å². The molecule has 0 radical (unpaired) electrons. The lowest BCUT2D eigenvalue weighted by Gasteiger charge is -2.12. The molecule has 0 unspecified atom stereocenters. The molecule has 0 spiro atoms. The highest BCUT2D eigenvalue weighted by atomic mass is 35.5. The van der Waals surface area contributed by atoms with Gasteiger partial charge >= 0.3 is 5.97 Å². The molecule has 2 aromatic rings. The van der Waals surface area contributed by atoms with Gasteiger partial charge in [0.1, 0.15) is 12.4 Å². The minimum Gasteiger partial charge on any atom is -0.491 e. The van der Waals surface area contributed by atoms with E-state index in [0.29, 0.717) is 19.6 Å². The highest BCUT2D eigenvalue weighted by Gasteiger charge is 2.34. The van der Waals surface area contributed by atoms with Crippen LogP contribution in [0.25, 0.3) is 11.1 Å². The molecule has 6 nitrogen and oxygen atoms in total. The summed E-state index contributed by atoms with van der Waals surface area (Å²) in [7, 11) is 1.33. The van der Waals surface area contributed by atoms with E-state index in [0.717, 1.165) is 23.3 Å². The van der Waals surface area contributed by atoms with E-state index in [4.69, 9.17) is 10.5 Å². The van der Waals surface area contributed by atoms with Crippen molar-refractivity contribution < 1.29 is 19.1 Å². The second-order valence-electron chi connectivity index (χ2n) is 6.99. The van der Waals surface area contributed by atoms with Gasteiger partial charge in [0.2, 0.25) is 5.91 Å². The summed E-state index contributed by atoms with van der Waals surface area (Å²) >= 11 is 0. The first-order valence-corrected chi connectivity index (χ1v) is 9.48. The second kappa shape index (κ2) is 10.8. The Morgan fingerprint density at radius 3 is 2.31 bits per heavy atom. The maximum atomic E-state index is 11.9. The largest absolute Gasteiger partial charge is 0.491 e. The van der Waals surface area contributed by atoms with E-state index < -0.39 is 0 Å². The molecule has 0 bridgehead atoms. The molecular weight excluding hydrogens is 392 g/mol. The van der Waals surface area contributed by atoms with E-state index in [-0.39, 0.29) is 42.7 Å². The summed E-state index contributed by atoms with van der Waals surface area (Å²) < 4.78 is 10.5. The van der Waals surface area contributed by atoms with Gasteiger partial charge in [-0.05, 0) is 48.2 Å². The monoisotopic (exact) mass is 418 g/mol.